The summed E-state index contributed by atoms with van der Waals surface area (Å²) in [5.74, 6) is 0. The molecule has 0 amide bonds. The number of aliphatic hydroxyl groups is 1. The Kier molecular flexibility index (Phi) is 4.88. The predicted molar refractivity (Wildman–Crippen MR) is 84.0 cm³/mol. The monoisotopic (exact) mass is 325 g/mol. The van der Waals surface area contributed by atoms with Crippen LogP contribution < -0.4 is 4.72 Å². The van der Waals surface area contributed by atoms with Crippen LogP contribution in [0.5, 0.6) is 0 Å². The maximum absolute atomic E-state index is 12.3. The molecule has 2 rings (SSSR count). The van der Waals surface area contributed by atoms with E-state index < -0.39 is 10.0 Å². The molecule has 0 aliphatic carbocycles. The van der Waals surface area contributed by atoms with E-state index in [2.05, 4.69) is 4.72 Å². The number of aliphatic hydroxyl groups excluding tert-OH is 1. The van der Waals surface area contributed by atoms with Crippen LogP contribution in [0.1, 0.15) is 18.1 Å². The van der Waals surface area contributed by atoms with Crippen LogP contribution in [0.3, 0.4) is 0 Å². The molecule has 4 nitrogen and oxygen atoms in total. The molecular formula is C15H16ClNO3S. The molecule has 21 heavy (non-hydrogen) atoms. The van der Waals surface area contributed by atoms with Crippen molar-refractivity contribution in [2.75, 3.05) is 4.72 Å². The summed E-state index contributed by atoms with van der Waals surface area (Å²) in [5, 5.41) is 9.87. The van der Waals surface area contributed by atoms with E-state index in [-0.39, 0.29) is 11.5 Å². The highest BCUT2D eigenvalue weighted by Gasteiger charge is 2.15. The van der Waals surface area contributed by atoms with Crippen LogP contribution >= 0.6 is 11.6 Å². The van der Waals surface area contributed by atoms with Gasteiger partial charge in [0.05, 0.1) is 11.5 Å². The summed E-state index contributed by atoms with van der Waals surface area (Å²) in [5.41, 5.74) is 1.99. The standard InChI is InChI=1S/C15H16ClNO3S/c1-2-11-3-8-15(9-12(11)10-18)21(19,20)17-14-6-4-13(16)5-7-14/h3-9,17-18H,2,10H2,1H3. The number of halogens is 1. The highest BCUT2D eigenvalue weighted by Crippen LogP contribution is 2.21. The quantitative estimate of drug-likeness (QED) is 0.887. The van der Waals surface area contributed by atoms with E-state index in [1.54, 1.807) is 30.3 Å². The van der Waals surface area contributed by atoms with Crippen molar-refractivity contribution in [2.24, 2.45) is 0 Å². The molecule has 2 aromatic rings. The molecule has 0 radical (unpaired) electrons. The molecule has 0 fully saturated rings. The number of hydrogen-bond acceptors (Lipinski definition) is 3. The smallest absolute Gasteiger partial charge is 0.261 e. The zero-order chi connectivity index (χ0) is 15.5. The molecule has 0 aliphatic rings. The third-order valence-corrected chi connectivity index (χ3v) is 4.77. The maximum Gasteiger partial charge on any atom is 0.261 e. The molecule has 0 heterocycles. The van der Waals surface area contributed by atoms with Gasteiger partial charge in [0.25, 0.3) is 10.0 Å². The molecule has 2 aromatic carbocycles. The first kappa shape index (κ1) is 15.8. The van der Waals surface area contributed by atoms with E-state index in [4.69, 9.17) is 11.6 Å². The summed E-state index contributed by atoms with van der Waals surface area (Å²) in [6.45, 7) is 1.77. The van der Waals surface area contributed by atoms with E-state index >= 15 is 0 Å². The zero-order valence-electron chi connectivity index (χ0n) is 11.5. The van der Waals surface area contributed by atoms with Gasteiger partial charge in [-0.15, -0.1) is 0 Å². The number of anilines is 1. The SMILES string of the molecule is CCc1ccc(S(=O)(=O)Nc2ccc(Cl)cc2)cc1CO. The predicted octanol–water partition coefficient (Wildman–Crippen LogP) is 3.20. The summed E-state index contributed by atoms with van der Waals surface area (Å²) in [4.78, 5) is 0.124. The Morgan fingerprint density at radius 2 is 1.76 bits per heavy atom. The van der Waals surface area contributed by atoms with Gasteiger partial charge in [0.1, 0.15) is 0 Å². The Morgan fingerprint density at radius 3 is 2.33 bits per heavy atom. The van der Waals surface area contributed by atoms with Crippen LogP contribution in [0.4, 0.5) is 5.69 Å². The lowest BCUT2D eigenvalue weighted by Gasteiger charge is -2.11. The minimum atomic E-state index is -3.69. The minimum absolute atomic E-state index is 0.124. The molecular weight excluding hydrogens is 310 g/mol. The molecule has 0 aliphatic heterocycles. The fourth-order valence-corrected chi connectivity index (χ4v) is 3.23. The lowest BCUT2D eigenvalue weighted by molar-refractivity contribution is 0.280. The van der Waals surface area contributed by atoms with Gasteiger partial charge in [-0.1, -0.05) is 24.6 Å². The molecule has 0 saturated carbocycles. The molecule has 2 N–H and O–H groups in total. The van der Waals surface area contributed by atoms with E-state index in [0.717, 1.165) is 12.0 Å². The van der Waals surface area contributed by atoms with Crippen LogP contribution in [0.15, 0.2) is 47.4 Å². The summed E-state index contributed by atoms with van der Waals surface area (Å²) in [7, 11) is -3.69. The molecule has 0 unspecified atom stereocenters. The molecule has 112 valence electrons. The Hall–Kier alpha value is -1.56. The second kappa shape index (κ2) is 6.47. The van der Waals surface area contributed by atoms with Crippen LogP contribution in [-0.2, 0) is 23.1 Å². The van der Waals surface area contributed by atoms with Gasteiger partial charge in [-0.3, -0.25) is 4.72 Å². The number of nitrogens with one attached hydrogen (secondary N) is 1. The summed E-state index contributed by atoms with van der Waals surface area (Å²) < 4.78 is 27.1. The van der Waals surface area contributed by atoms with Crippen molar-refractivity contribution >= 4 is 27.3 Å². The lowest BCUT2D eigenvalue weighted by Crippen LogP contribution is -2.13. The fraction of sp³-hybridized carbons (Fsp3) is 0.200. The second-order valence-corrected chi connectivity index (χ2v) is 6.67. The van der Waals surface area contributed by atoms with Crippen LogP contribution in [0.25, 0.3) is 0 Å². The molecule has 0 spiro atoms. The third-order valence-electron chi connectivity index (χ3n) is 3.14. The third kappa shape index (κ3) is 3.75. The van der Waals surface area contributed by atoms with Gasteiger partial charge in [-0.05, 0) is 53.9 Å². The number of aryl methyl sites for hydroxylation is 1. The maximum atomic E-state index is 12.3. The van der Waals surface area contributed by atoms with Crippen molar-refractivity contribution in [3.05, 3.63) is 58.6 Å². The van der Waals surface area contributed by atoms with Crippen molar-refractivity contribution in [3.8, 4) is 0 Å². The highest BCUT2D eigenvalue weighted by molar-refractivity contribution is 7.92. The van der Waals surface area contributed by atoms with Crippen LogP contribution in [-0.4, -0.2) is 13.5 Å². The van der Waals surface area contributed by atoms with E-state index in [0.29, 0.717) is 16.3 Å². The molecule has 0 atom stereocenters. The number of benzene rings is 2. The largest absolute Gasteiger partial charge is 0.392 e. The van der Waals surface area contributed by atoms with Gasteiger partial charge in [0, 0.05) is 10.7 Å². The van der Waals surface area contributed by atoms with Crippen molar-refractivity contribution in [3.63, 3.8) is 0 Å². The number of sulfonamides is 1. The Balaban J connectivity index is 2.33. The van der Waals surface area contributed by atoms with Gasteiger partial charge in [0.15, 0.2) is 0 Å². The minimum Gasteiger partial charge on any atom is -0.392 e. The summed E-state index contributed by atoms with van der Waals surface area (Å²) in [6.07, 6.45) is 0.737. The van der Waals surface area contributed by atoms with Crippen molar-refractivity contribution < 1.29 is 13.5 Å². The van der Waals surface area contributed by atoms with Crippen molar-refractivity contribution in [1.29, 1.82) is 0 Å². The first-order chi connectivity index (χ1) is 9.96. The van der Waals surface area contributed by atoms with Crippen molar-refractivity contribution in [2.45, 2.75) is 24.8 Å². The molecule has 0 saturated heterocycles. The van der Waals surface area contributed by atoms with Gasteiger partial charge in [0.2, 0.25) is 0 Å². The Bertz CT molecular complexity index is 727. The van der Waals surface area contributed by atoms with Gasteiger partial charge >= 0.3 is 0 Å². The first-order valence-electron chi connectivity index (χ1n) is 6.47. The zero-order valence-corrected chi connectivity index (χ0v) is 13.1. The van der Waals surface area contributed by atoms with Crippen molar-refractivity contribution in [1.82, 2.24) is 0 Å². The average Bonchev–Trinajstić information content (AvgIpc) is 2.48. The summed E-state index contributed by atoms with van der Waals surface area (Å²) >= 11 is 5.77. The average molecular weight is 326 g/mol. The summed E-state index contributed by atoms with van der Waals surface area (Å²) in [6, 6.07) is 11.2. The number of hydrogen-bond donors (Lipinski definition) is 2. The van der Waals surface area contributed by atoms with E-state index in [9.17, 15) is 13.5 Å². The second-order valence-electron chi connectivity index (χ2n) is 4.55. The van der Waals surface area contributed by atoms with Crippen LogP contribution in [0.2, 0.25) is 5.02 Å². The van der Waals surface area contributed by atoms with Gasteiger partial charge in [-0.2, -0.15) is 0 Å². The van der Waals surface area contributed by atoms with Gasteiger partial charge < -0.3 is 5.11 Å². The van der Waals surface area contributed by atoms with E-state index in [1.807, 2.05) is 6.92 Å². The van der Waals surface area contributed by atoms with Gasteiger partial charge in [-0.25, -0.2) is 8.42 Å². The number of rotatable bonds is 5. The normalized spacial score (nSPS) is 11.4. The highest BCUT2D eigenvalue weighted by atomic mass is 35.5. The first-order valence-corrected chi connectivity index (χ1v) is 8.33. The molecule has 6 heteroatoms. The topological polar surface area (TPSA) is 66.4 Å². The lowest BCUT2D eigenvalue weighted by atomic mass is 10.1. The Labute approximate surface area is 129 Å². The Morgan fingerprint density at radius 1 is 1.10 bits per heavy atom. The van der Waals surface area contributed by atoms with Crippen LogP contribution in [0, 0.1) is 0 Å². The molecule has 0 aromatic heterocycles. The fourth-order valence-electron chi connectivity index (χ4n) is 1.99. The molecule has 0 bridgehead atoms. The van der Waals surface area contributed by atoms with E-state index in [1.165, 1.54) is 12.1 Å².